The van der Waals surface area contributed by atoms with Gasteiger partial charge in [-0.15, -0.1) is 0 Å². The Bertz CT molecular complexity index is 1060. The molecule has 138 valence electrons. The monoisotopic (exact) mass is 378 g/mol. The van der Waals surface area contributed by atoms with E-state index in [1.165, 1.54) is 6.07 Å². The zero-order chi connectivity index (χ0) is 19.1. The van der Waals surface area contributed by atoms with Crippen LogP contribution in [-0.2, 0) is 21.2 Å². The van der Waals surface area contributed by atoms with E-state index in [-0.39, 0.29) is 18.7 Å². The molecule has 1 aromatic heterocycles. The molecule has 0 spiro atoms. The minimum absolute atomic E-state index is 0.0107. The summed E-state index contributed by atoms with van der Waals surface area (Å²) in [5.41, 5.74) is 1.21. The Balaban J connectivity index is 1.87. The van der Waals surface area contributed by atoms with Gasteiger partial charge in [-0.25, -0.2) is 18.0 Å². The van der Waals surface area contributed by atoms with Crippen molar-refractivity contribution in [2.75, 3.05) is 12.0 Å². The summed E-state index contributed by atoms with van der Waals surface area (Å²) in [5, 5.41) is 3.12. The van der Waals surface area contributed by atoms with Crippen LogP contribution >= 0.6 is 0 Å². The van der Waals surface area contributed by atoms with Crippen LogP contribution in [0.1, 0.15) is 17.5 Å². The molecule has 1 aromatic carbocycles. The van der Waals surface area contributed by atoms with Gasteiger partial charge in [0.25, 0.3) is 5.91 Å². The molecule has 0 saturated carbocycles. The van der Waals surface area contributed by atoms with Crippen LogP contribution in [0.25, 0.3) is 11.0 Å². The molecule has 0 aliphatic carbocycles. The van der Waals surface area contributed by atoms with Crippen molar-refractivity contribution < 1.29 is 22.4 Å². The molecule has 2 heterocycles. The minimum atomic E-state index is -3.24. The molecule has 0 radical (unpaired) electrons. The average Bonchev–Trinajstić information content (AvgIpc) is 2.79. The normalized spacial score (nSPS) is 17.8. The molecule has 1 unspecified atom stereocenters. The summed E-state index contributed by atoms with van der Waals surface area (Å²) >= 11 is 0. The number of rotatable bonds is 5. The number of hydrogen-bond acceptors (Lipinski definition) is 6. The van der Waals surface area contributed by atoms with Gasteiger partial charge in [-0.05, 0) is 30.5 Å². The molecule has 26 heavy (non-hydrogen) atoms. The lowest BCUT2D eigenvalue weighted by molar-refractivity contribution is -0.127. The first-order chi connectivity index (χ1) is 12.1. The predicted octanol–water partition coefficient (Wildman–Crippen LogP) is 0.957. The summed E-state index contributed by atoms with van der Waals surface area (Å²) in [5.74, 6) is -0.707. The minimum Gasteiger partial charge on any atom is -0.423 e. The molecule has 1 aliphatic heterocycles. The number of imide groups is 1. The molecule has 8 nitrogen and oxygen atoms in total. The Morgan fingerprint density at radius 2 is 1.92 bits per heavy atom. The molecule has 3 amide bonds. The van der Waals surface area contributed by atoms with Gasteiger partial charge in [-0.2, -0.15) is 0 Å². The second kappa shape index (κ2) is 6.56. The van der Waals surface area contributed by atoms with E-state index in [9.17, 15) is 22.8 Å². The van der Waals surface area contributed by atoms with E-state index in [4.69, 9.17) is 4.42 Å². The molecule has 1 atom stereocenters. The first-order valence-electron chi connectivity index (χ1n) is 7.97. The van der Waals surface area contributed by atoms with Crippen molar-refractivity contribution in [2.45, 2.75) is 25.9 Å². The number of carbonyl (C=O) groups is 2. The van der Waals surface area contributed by atoms with Gasteiger partial charge < -0.3 is 9.73 Å². The van der Waals surface area contributed by atoms with Gasteiger partial charge in [0.05, 0.1) is 12.3 Å². The highest BCUT2D eigenvalue weighted by Gasteiger charge is 2.38. The first kappa shape index (κ1) is 18.1. The molecule has 1 N–H and O–H groups in total. The maximum Gasteiger partial charge on any atom is 0.336 e. The largest absolute Gasteiger partial charge is 0.423 e. The number of amides is 3. The fourth-order valence-electron chi connectivity index (χ4n) is 2.89. The third-order valence-corrected chi connectivity index (χ3v) is 5.18. The van der Waals surface area contributed by atoms with Crippen molar-refractivity contribution in [1.82, 2.24) is 10.2 Å². The standard InChI is InChI=1S/C17H18N2O6S/c1-10-3-4-12-11(8-15(20)25-14(12)7-10)9-19-16(21)13(18-17(19)22)5-6-26(2,23)24/h3-4,7-8,13H,5-6,9H2,1-2H3,(H,18,22). The van der Waals surface area contributed by atoms with Crippen LogP contribution < -0.4 is 10.9 Å². The van der Waals surface area contributed by atoms with Crippen molar-refractivity contribution in [3.8, 4) is 0 Å². The van der Waals surface area contributed by atoms with Crippen molar-refractivity contribution in [1.29, 1.82) is 0 Å². The first-order valence-corrected chi connectivity index (χ1v) is 10.0. The zero-order valence-electron chi connectivity index (χ0n) is 14.3. The van der Waals surface area contributed by atoms with E-state index < -0.39 is 33.4 Å². The quantitative estimate of drug-likeness (QED) is 0.612. The van der Waals surface area contributed by atoms with Crippen LogP contribution in [0.4, 0.5) is 4.79 Å². The Hall–Kier alpha value is -2.68. The van der Waals surface area contributed by atoms with Gasteiger partial charge in [0.1, 0.15) is 21.5 Å². The molecule has 1 fully saturated rings. The summed E-state index contributed by atoms with van der Waals surface area (Å²) in [6.45, 7) is 1.77. The van der Waals surface area contributed by atoms with Crippen LogP contribution in [-0.4, -0.2) is 43.3 Å². The van der Waals surface area contributed by atoms with Gasteiger partial charge in [0, 0.05) is 17.7 Å². The van der Waals surface area contributed by atoms with Gasteiger partial charge >= 0.3 is 11.7 Å². The zero-order valence-corrected chi connectivity index (χ0v) is 15.1. The van der Waals surface area contributed by atoms with Crippen molar-refractivity contribution in [2.24, 2.45) is 0 Å². The predicted molar refractivity (Wildman–Crippen MR) is 94.4 cm³/mol. The molecule has 1 saturated heterocycles. The number of carbonyl (C=O) groups excluding carboxylic acids is 2. The van der Waals surface area contributed by atoms with Crippen molar-refractivity contribution >= 4 is 32.7 Å². The van der Waals surface area contributed by atoms with Crippen LogP contribution in [0.3, 0.4) is 0 Å². The topological polar surface area (TPSA) is 114 Å². The van der Waals surface area contributed by atoms with Crippen LogP contribution in [0.2, 0.25) is 0 Å². The van der Waals surface area contributed by atoms with E-state index in [0.29, 0.717) is 16.5 Å². The highest BCUT2D eigenvalue weighted by Crippen LogP contribution is 2.22. The third kappa shape index (κ3) is 3.77. The summed E-state index contributed by atoms with van der Waals surface area (Å²) in [6, 6.07) is 5.07. The number of aryl methyl sites for hydroxylation is 1. The Kier molecular flexibility index (Phi) is 4.57. The highest BCUT2D eigenvalue weighted by atomic mass is 32.2. The molecule has 0 bridgehead atoms. The lowest BCUT2D eigenvalue weighted by Crippen LogP contribution is -2.32. The molecular formula is C17H18N2O6S. The summed E-state index contributed by atoms with van der Waals surface area (Å²) < 4.78 is 27.7. The second-order valence-electron chi connectivity index (χ2n) is 6.44. The summed E-state index contributed by atoms with van der Waals surface area (Å²) in [4.78, 5) is 37.4. The number of fused-ring (bicyclic) bond motifs is 1. The molecular weight excluding hydrogens is 360 g/mol. The van der Waals surface area contributed by atoms with Gasteiger partial charge in [-0.3, -0.25) is 9.69 Å². The number of nitrogens with one attached hydrogen (secondary N) is 1. The van der Waals surface area contributed by atoms with Crippen molar-refractivity contribution in [3.05, 3.63) is 45.8 Å². The maximum absolute atomic E-state index is 12.5. The molecule has 9 heteroatoms. The Labute approximate surface area is 149 Å². The smallest absolute Gasteiger partial charge is 0.336 e. The van der Waals surface area contributed by atoms with Crippen molar-refractivity contribution in [3.63, 3.8) is 0 Å². The van der Waals surface area contributed by atoms with E-state index in [1.54, 1.807) is 12.1 Å². The van der Waals surface area contributed by atoms with E-state index in [1.807, 2.05) is 13.0 Å². The third-order valence-electron chi connectivity index (χ3n) is 4.20. The highest BCUT2D eigenvalue weighted by molar-refractivity contribution is 7.90. The van der Waals surface area contributed by atoms with Gasteiger partial charge in [-0.1, -0.05) is 12.1 Å². The fraction of sp³-hybridized carbons (Fsp3) is 0.353. The Morgan fingerprint density at radius 1 is 1.19 bits per heavy atom. The lowest BCUT2D eigenvalue weighted by atomic mass is 10.1. The fourth-order valence-corrected chi connectivity index (χ4v) is 3.56. The number of sulfone groups is 1. The Morgan fingerprint density at radius 3 is 2.62 bits per heavy atom. The van der Waals surface area contributed by atoms with Crippen LogP contribution in [0.5, 0.6) is 0 Å². The number of nitrogens with zero attached hydrogens (tertiary/aromatic N) is 1. The second-order valence-corrected chi connectivity index (χ2v) is 8.70. The number of hydrogen-bond donors (Lipinski definition) is 1. The van der Waals surface area contributed by atoms with Gasteiger partial charge in [0.2, 0.25) is 0 Å². The molecule has 2 aromatic rings. The molecule has 3 rings (SSSR count). The molecule has 1 aliphatic rings. The SMILES string of the molecule is Cc1ccc2c(CN3C(=O)NC(CCS(C)(=O)=O)C3=O)cc(=O)oc2c1. The maximum atomic E-state index is 12.5. The summed E-state index contributed by atoms with van der Waals surface area (Å²) in [7, 11) is -3.24. The van der Waals surface area contributed by atoms with Gasteiger partial charge in [0.15, 0.2) is 0 Å². The van der Waals surface area contributed by atoms with Crippen LogP contribution in [0.15, 0.2) is 33.5 Å². The van der Waals surface area contributed by atoms with E-state index in [0.717, 1.165) is 16.7 Å². The number of benzene rings is 1. The lowest BCUT2D eigenvalue weighted by Gasteiger charge is -2.14. The van der Waals surface area contributed by atoms with E-state index in [2.05, 4.69) is 5.32 Å². The summed E-state index contributed by atoms with van der Waals surface area (Å²) in [6.07, 6.45) is 1.08. The van der Waals surface area contributed by atoms with E-state index >= 15 is 0 Å². The average molecular weight is 378 g/mol. The number of urea groups is 1. The van der Waals surface area contributed by atoms with Crippen LogP contribution in [0, 0.1) is 6.92 Å².